The van der Waals surface area contributed by atoms with E-state index in [0.717, 1.165) is 10.9 Å². The maximum atomic E-state index is 12.0. The molecule has 0 N–H and O–H groups in total. The first-order chi connectivity index (χ1) is 6.49. The van der Waals surface area contributed by atoms with E-state index < -0.39 is 6.72 Å². The highest BCUT2D eigenvalue weighted by atomic mass is 32.7. The first-order valence-electron chi connectivity index (χ1n) is 4.11. The lowest BCUT2D eigenvalue weighted by molar-refractivity contribution is 0.410. The molecule has 0 radical (unpaired) electrons. The van der Waals surface area contributed by atoms with Crippen molar-refractivity contribution in [2.45, 2.75) is 6.92 Å². The van der Waals surface area contributed by atoms with Crippen LogP contribution < -0.4 is 0 Å². The Labute approximate surface area is 94.1 Å². The second kappa shape index (κ2) is 6.77. The average molecular weight is 256 g/mol. The summed E-state index contributed by atoms with van der Waals surface area (Å²) in [5.74, 6) is 0.726. The van der Waals surface area contributed by atoms with Crippen LogP contribution in [-0.2, 0) is 9.09 Å². The largest absolute Gasteiger partial charge is 0.373 e. The van der Waals surface area contributed by atoms with Crippen LogP contribution >= 0.6 is 29.9 Å². The Morgan fingerprint density at radius 2 is 2.14 bits per heavy atom. The van der Waals surface area contributed by atoms with Crippen molar-refractivity contribution in [3.05, 3.63) is 0 Å². The van der Waals surface area contributed by atoms with Gasteiger partial charge < -0.3 is 9.42 Å². The van der Waals surface area contributed by atoms with Crippen molar-refractivity contribution in [3.8, 4) is 0 Å². The predicted molar refractivity (Wildman–Crippen MR) is 67.4 cm³/mol. The topological polar surface area (TPSA) is 41.9 Å². The minimum atomic E-state index is -2.88. The van der Waals surface area contributed by atoms with Gasteiger partial charge in [0.15, 0.2) is 5.17 Å². The second-order valence-corrected chi connectivity index (χ2v) is 7.82. The first-order valence-corrected chi connectivity index (χ1v) is 8.50. The number of hydrogen-bond acceptors (Lipinski definition) is 4. The standard InChI is InChI=1S/C7H17N2O2PS2/c1-6-14-12(10,11-4)8-7(13-5)9(2)3/h6H2,1-5H3. The highest BCUT2D eigenvalue weighted by Crippen LogP contribution is 2.60. The molecule has 84 valence electrons. The monoisotopic (exact) mass is 256 g/mol. The summed E-state index contributed by atoms with van der Waals surface area (Å²) in [6.45, 7) is -0.954. The molecule has 0 aliphatic rings. The predicted octanol–water partition coefficient (Wildman–Crippen LogP) is 2.77. The Morgan fingerprint density at radius 3 is 2.43 bits per heavy atom. The van der Waals surface area contributed by atoms with Gasteiger partial charge in [-0.1, -0.05) is 18.7 Å². The third kappa shape index (κ3) is 4.73. The Balaban J connectivity index is 4.77. The van der Waals surface area contributed by atoms with Crippen molar-refractivity contribution in [2.24, 2.45) is 4.76 Å². The van der Waals surface area contributed by atoms with Gasteiger partial charge in [0, 0.05) is 27.0 Å². The van der Waals surface area contributed by atoms with E-state index in [1.165, 1.54) is 30.3 Å². The molecule has 0 fully saturated rings. The third-order valence-corrected chi connectivity index (χ3v) is 6.18. The molecule has 0 bridgehead atoms. The molecule has 14 heavy (non-hydrogen) atoms. The Hall–Kier alpha value is 0.360. The van der Waals surface area contributed by atoms with Gasteiger partial charge in [-0.05, 0) is 17.6 Å². The van der Waals surface area contributed by atoms with Crippen LogP contribution in [0.1, 0.15) is 6.92 Å². The quantitative estimate of drug-likeness (QED) is 0.439. The Bertz CT molecular complexity index is 246. The summed E-state index contributed by atoms with van der Waals surface area (Å²) in [5.41, 5.74) is 0. The molecule has 0 spiro atoms. The van der Waals surface area contributed by atoms with Crippen LogP contribution in [-0.4, -0.2) is 43.3 Å². The average Bonchev–Trinajstić information content (AvgIpc) is 2.14. The zero-order valence-corrected chi connectivity index (χ0v) is 11.7. The molecular formula is C7H17N2O2PS2. The highest BCUT2D eigenvalue weighted by molar-refractivity contribution is 8.56. The van der Waals surface area contributed by atoms with E-state index in [0.29, 0.717) is 0 Å². The summed E-state index contributed by atoms with van der Waals surface area (Å²) in [6.07, 6.45) is 1.90. The molecule has 0 aliphatic heterocycles. The lowest BCUT2D eigenvalue weighted by Crippen LogP contribution is -2.18. The van der Waals surface area contributed by atoms with Crippen molar-refractivity contribution in [1.82, 2.24) is 4.90 Å². The van der Waals surface area contributed by atoms with Crippen molar-refractivity contribution in [3.63, 3.8) is 0 Å². The van der Waals surface area contributed by atoms with Crippen molar-refractivity contribution >= 4 is 35.0 Å². The summed E-state index contributed by atoms with van der Waals surface area (Å²) in [7, 11) is 5.17. The molecule has 0 heterocycles. The van der Waals surface area contributed by atoms with Crippen molar-refractivity contribution < 1.29 is 9.09 Å². The fourth-order valence-electron chi connectivity index (χ4n) is 0.703. The van der Waals surface area contributed by atoms with Crippen LogP contribution in [0.3, 0.4) is 0 Å². The van der Waals surface area contributed by atoms with Crippen LogP contribution in [0.4, 0.5) is 0 Å². The zero-order chi connectivity index (χ0) is 11.2. The van der Waals surface area contributed by atoms with E-state index in [4.69, 9.17) is 4.52 Å². The molecule has 0 aliphatic carbocycles. The van der Waals surface area contributed by atoms with E-state index in [-0.39, 0.29) is 0 Å². The second-order valence-electron chi connectivity index (χ2n) is 2.55. The molecule has 1 unspecified atom stereocenters. The number of rotatable bonds is 4. The molecule has 0 aromatic heterocycles. The zero-order valence-electron chi connectivity index (χ0n) is 9.18. The van der Waals surface area contributed by atoms with Gasteiger partial charge in [-0.3, -0.25) is 4.57 Å². The highest BCUT2D eigenvalue weighted by Gasteiger charge is 2.21. The van der Waals surface area contributed by atoms with Gasteiger partial charge in [0.05, 0.1) is 0 Å². The van der Waals surface area contributed by atoms with Gasteiger partial charge in [0.2, 0.25) is 0 Å². The van der Waals surface area contributed by atoms with Crippen molar-refractivity contribution in [1.29, 1.82) is 0 Å². The Kier molecular flexibility index (Phi) is 6.95. The molecule has 0 saturated heterocycles. The minimum absolute atomic E-state index is 0.719. The summed E-state index contributed by atoms with van der Waals surface area (Å²) in [6, 6.07) is 0. The first kappa shape index (κ1) is 14.4. The molecule has 0 amide bonds. The van der Waals surface area contributed by atoms with Crippen LogP contribution in [0.2, 0.25) is 0 Å². The maximum Gasteiger partial charge on any atom is 0.373 e. The number of hydrogen-bond donors (Lipinski definition) is 0. The molecule has 0 rings (SSSR count). The van der Waals surface area contributed by atoms with E-state index in [1.54, 1.807) is 0 Å². The van der Waals surface area contributed by atoms with Gasteiger partial charge in [-0.25, -0.2) is 0 Å². The summed E-state index contributed by atoms with van der Waals surface area (Å²) >= 11 is 2.70. The SMILES string of the molecule is CCSP(=O)(N=C(SC)N(C)C)OC. The van der Waals surface area contributed by atoms with Crippen LogP contribution in [0.15, 0.2) is 4.76 Å². The van der Waals surface area contributed by atoms with Gasteiger partial charge in [-0.15, -0.1) is 0 Å². The van der Waals surface area contributed by atoms with Gasteiger partial charge in [0.1, 0.15) is 0 Å². The molecule has 0 saturated carbocycles. The maximum absolute atomic E-state index is 12.0. The van der Waals surface area contributed by atoms with Gasteiger partial charge in [-0.2, -0.15) is 4.76 Å². The van der Waals surface area contributed by atoms with Crippen LogP contribution in [0.5, 0.6) is 0 Å². The van der Waals surface area contributed by atoms with E-state index in [2.05, 4.69) is 4.76 Å². The number of nitrogens with zero attached hydrogens (tertiary/aromatic N) is 2. The summed E-state index contributed by atoms with van der Waals surface area (Å²) in [5, 5.41) is 0.719. The smallest absolute Gasteiger partial charge is 0.357 e. The summed E-state index contributed by atoms with van der Waals surface area (Å²) < 4.78 is 21.1. The molecule has 7 heteroatoms. The van der Waals surface area contributed by atoms with Gasteiger partial charge >= 0.3 is 6.72 Å². The van der Waals surface area contributed by atoms with Crippen LogP contribution in [0, 0.1) is 0 Å². The molecule has 0 aromatic carbocycles. The molecular weight excluding hydrogens is 239 g/mol. The van der Waals surface area contributed by atoms with Crippen LogP contribution in [0.25, 0.3) is 0 Å². The van der Waals surface area contributed by atoms with E-state index in [9.17, 15) is 4.57 Å². The van der Waals surface area contributed by atoms with E-state index in [1.807, 2.05) is 32.2 Å². The lowest BCUT2D eigenvalue weighted by atomic mass is 10.9. The molecule has 0 aromatic rings. The normalized spacial score (nSPS) is 16.5. The number of thioether (sulfide) groups is 1. The molecule has 4 nitrogen and oxygen atoms in total. The number of amidine groups is 1. The lowest BCUT2D eigenvalue weighted by Gasteiger charge is -2.16. The molecule has 1 atom stereocenters. The fraction of sp³-hybridized carbons (Fsp3) is 0.857. The Morgan fingerprint density at radius 1 is 1.57 bits per heavy atom. The summed E-state index contributed by atoms with van der Waals surface area (Å²) in [4.78, 5) is 1.83. The van der Waals surface area contributed by atoms with E-state index >= 15 is 0 Å². The third-order valence-electron chi connectivity index (χ3n) is 1.30. The minimum Gasteiger partial charge on any atom is -0.357 e. The fourth-order valence-corrected chi connectivity index (χ4v) is 4.53. The van der Waals surface area contributed by atoms with Crippen molar-refractivity contribution in [2.75, 3.05) is 33.2 Å². The van der Waals surface area contributed by atoms with Gasteiger partial charge in [0.25, 0.3) is 0 Å².